The average Bonchev–Trinajstić information content (AvgIpc) is 3.77. The molecule has 0 fully saturated rings. The topological polar surface area (TPSA) is 25.8 Å². The van der Waals surface area contributed by atoms with Crippen LogP contribution in [0.5, 0.6) is 0 Å². The third-order valence-electron chi connectivity index (χ3n) is 9.04. The molecule has 2 aromatic heterocycles. The molecular weight excluding hydrogens is 803 g/mol. The molecule has 6 aromatic carbocycles. The van der Waals surface area contributed by atoms with E-state index in [1.54, 1.807) is 0 Å². The van der Waals surface area contributed by atoms with E-state index in [2.05, 4.69) is 172 Å². The fraction of sp³-hybridized carbons (Fsp3) is 0.182. The minimum atomic E-state index is -1.27. The number of hydrogen-bond acceptors (Lipinski definition) is 2. The van der Waals surface area contributed by atoms with Gasteiger partial charge in [0.1, 0.15) is 0 Å². The zero-order valence-corrected chi connectivity index (χ0v) is 38.3. The Hall–Kier alpha value is -2.97. The van der Waals surface area contributed by atoms with E-state index in [1.165, 1.54) is 64.9 Å². The predicted octanol–water partition coefficient (Wildman–Crippen LogP) is 12.8. The van der Waals surface area contributed by atoms with Gasteiger partial charge in [0.05, 0.1) is 27.2 Å². The van der Waals surface area contributed by atoms with Crippen LogP contribution < -0.4 is 10.4 Å². The van der Waals surface area contributed by atoms with E-state index in [9.17, 15) is 0 Å². The molecule has 0 aliphatic carbocycles. The summed E-state index contributed by atoms with van der Waals surface area (Å²) in [5, 5.41) is 10.8. The number of pyridine rings is 2. The molecule has 0 bridgehead atoms. The first-order valence-electron chi connectivity index (χ1n) is 17.5. The van der Waals surface area contributed by atoms with E-state index < -0.39 is 37.0 Å². The van der Waals surface area contributed by atoms with Gasteiger partial charge in [0.2, 0.25) is 0 Å². The van der Waals surface area contributed by atoms with E-state index in [1.807, 2.05) is 24.5 Å². The Morgan fingerprint density at radius 3 is 1.25 bits per heavy atom. The number of nitrogens with zero attached hydrogens (tertiary/aromatic N) is 2. The van der Waals surface area contributed by atoms with Crippen LogP contribution in [0.15, 0.2) is 134 Å². The maximum absolute atomic E-state index is 4.93. The third kappa shape index (κ3) is 9.76. The van der Waals surface area contributed by atoms with Gasteiger partial charge in [0.15, 0.2) is 0 Å². The number of aromatic nitrogens is 2. The molecule has 0 spiro atoms. The van der Waals surface area contributed by atoms with Crippen molar-refractivity contribution >= 4 is 96.4 Å². The average molecular weight is 849 g/mol. The molecule has 0 aliphatic rings. The zero-order valence-electron chi connectivity index (χ0n) is 31.4. The van der Waals surface area contributed by atoms with E-state index in [4.69, 9.17) is 17.0 Å². The van der Waals surface area contributed by atoms with Crippen LogP contribution in [0.3, 0.4) is 0 Å². The van der Waals surface area contributed by atoms with Gasteiger partial charge in [-0.3, -0.25) is 9.97 Å². The SMILES string of the molecule is C[Si](C)(C)c1cc2ccc(-c3cccc4cccnc34)cc2[cH-]1.C[Si](C)(C)c1cc2ccc(-c3cccc4cccnc34)cc2[cH-]1.C[Si]C.[Cl][Zr+2][Cl]. The van der Waals surface area contributed by atoms with Crippen LogP contribution in [0, 0.1) is 0 Å². The van der Waals surface area contributed by atoms with Gasteiger partial charge >= 0.3 is 37.9 Å². The second-order valence-corrected chi connectivity index (χ2v) is 29.9. The van der Waals surface area contributed by atoms with Crippen LogP contribution >= 0.6 is 17.0 Å². The van der Waals surface area contributed by atoms with Gasteiger partial charge in [-0.15, -0.1) is 68.3 Å². The van der Waals surface area contributed by atoms with E-state index in [0.29, 0.717) is 0 Å². The standard InChI is InChI=1S/2C21H20NSi.C2H6Si.2ClH.Zr/c2*1-23(2,3)19-13-16-9-10-17(12-18(16)14-19)20-8-4-6-15-7-5-11-22-21(15)20;1-3-2;;;/h2*4-14H,1-3H3;1-2H3;2*1H;/q2*-1;;;;+4/p-2. The molecule has 2 heterocycles. The van der Waals surface area contributed by atoms with E-state index in [-0.39, 0.29) is 0 Å². The molecule has 0 N–H and O–H groups in total. The number of benzene rings is 4. The number of halogens is 2. The fourth-order valence-corrected chi connectivity index (χ4v) is 8.65. The number of rotatable bonds is 4. The van der Waals surface area contributed by atoms with Crippen molar-refractivity contribution in [3.8, 4) is 22.3 Å². The summed E-state index contributed by atoms with van der Waals surface area (Å²) in [6.45, 7) is 18.7. The van der Waals surface area contributed by atoms with Crippen LogP contribution in [0.1, 0.15) is 0 Å². The Balaban J connectivity index is 0.000000175. The van der Waals surface area contributed by atoms with Gasteiger partial charge in [-0.2, -0.15) is 12.1 Å². The van der Waals surface area contributed by atoms with Crippen LogP contribution in [0.25, 0.3) is 65.6 Å². The fourth-order valence-electron chi connectivity index (χ4n) is 6.29. The summed E-state index contributed by atoms with van der Waals surface area (Å²) in [4.78, 5) is 9.18. The maximum atomic E-state index is 4.93. The number of para-hydroxylation sites is 2. The van der Waals surface area contributed by atoms with Crippen molar-refractivity contribution in [3.63, 3.8) is 0 Å². The van der Waals surface area contributed by atoms with Crippen molar-refractivity contribution in [2.75, 3.05) is 0 Å². The van der Waals surface area contributed by atoms with Crippen molar-refractivity contribution in [1.29, 1.82) is 0 Å². The number of hydrogen-bond donors (Lipinski definition) is 0. The second kappa shape index (κ2) is 17.9. The molecule has 0 saturated carbocycles. The molecule has 52 heavy (non-hydrogen) atoms. The van der Waals surface area contributed by atoms with Crippen LogP contribution in [0.2, 0.25) is 52.4 Å². The quantitative estimate of drug-likeness (QED) is 0.130. The zero-order chi connectivity index (χ0) is 37.5. The molecule has 0 saturated heterocycles. The molecule has 0 amide bonds. The Morgan fingerprint density at radius 2 is 0.885 bits per heavy atom. The van der Waals surface area contributed by atoms with Crippen LogP contribution in [0.4, 0.5) is 0 Å². The first-order chi connectivity index (χ1) is 24.9. The van der Waals surface area contributed by atoms with Gasteiger partial charge in [-0.05, 0) is 23.3 Å². The molecule has 262 valence electrons. The van der Waals surface area contributed by atoms with E-state index >= 15 is 0 Å². The Bertz CT molecular complexity index is 2220. The van der Waals surface area contributed by atoms with Gasteiger partial charge < -0.3 is 0 Å². The van der Waals surface area contributed by atoms with Crippen LogP contribution in [-0.4, -0.2) is 35.6 Å². The molecule has 2 nitrogen and oxygen atoms in total. The Kier molecular flexibility index (Phi) is 13.9. The molecule has 8 aromatic rings. The van der Waals surface area contributed by atoms with Gasteiger partial charge in [0.25, 0.3) is 0 Å². The molecule has 0 unspecified atom stereocenters. The van der Waals surface area contributed by atoms with Crippen molar-refractivity contribution in [2.24, 2.45) is 0 Å². The first kappa shape index (κ1) is 40.2. The molecule has 2 radical (unpaired) electrons. The Labute approximate surface area is 332 Å². The van der Waals surface area contributed by atoms with Crippen molar-refractivity contribution < 1.29 is 20.8 Å². The third-order valence-corrected chi connectivity index (χ3v) is 13.1. The summed E-state index contributed by atoms with van der Waals surface area (Å²) in [6.07, 6.45) is 3.74. The summed E-state index contributed by atoms with van der Waals surface area (Å²) in [5.74, 6) is 0. The van der Waals surface area contributed by atoms with Crippen molar-refractivity contribution in [2.45, 2.75) is 52.4 Å². The summed E-state index contributed by atoms with van der Waals surface area (Å²) in [7, 11) is 8.41. The minimum absolute atomic E-state index is 0.826. The molecule has 0 aliphatic heterocycles. The summed E-state index contributed by atoms with van der Waals surface area (Å²) in [6, 6.07) is 44.1. The van der Waals surface area contributed by atoms with Gasteiger partial charge in [-0.25, -0.2) is 0 Å². The summed E-state index contributed by atoms with van der Waals surface area (Å²) < 4.78 is 0. The molecule has 8 rings (SSSR count). The monoisotopic (exact) mass is 846 g/mol. The first-order valence-corrected chi connectivity index (χ1v) is 32.9. The summed E-state index contributed by atoms with van der Waals surface area (Å²) in [5.41, 5.74) is 7.06. The van der Waals surface area contributed by atoms with Crippen LogP contribution in [-0.2, 0) is 20.8 Å². The van der Waals surface area contributed by atoms with Gasteiger partial charge in [0, 0.05) is 32.7 Å². The Morgan fingerprint density at radius 1 is 0.519 bits per heavy atom. The number of fused-ring (bicyclic) bond motifs is 4. The predicted molar refractivity (Wildman–Crippen MR) is 236 cm³/mol. The van der Waals surface area contributed by atoms with E-state index in [0.717, 1.165) is 20.6 Å². The summed E-state index contributed by atoms with van der Waals surface area (Å²) >= 11 is -0.826. The normalized spacial score (nSPS) is 11.3. The van der Waals surface area contributed by atoms with Crippen molar-refractivity contribution in [3.05, 3.63) is 134 Å². The van der Waals surface area contributed by atoms with Gasteiger partial charge in [-0.1, -0.05) is 124 Å². The van der Waals surface area contributed by atoms with Crippen molar-refractivity contribution in [1.82, 2.24) is 9.97 Å². The molecule has 8 heteroatoms. The molecular formula is C44H46Cl2N2Si3Zr. The second-order valence-electron chi connectivity index (χ2n) is 15.0. The molecule has 0 atom stereocenters.